The SMILES string of the molecule is COCC1CN(c2cc(N3CCCC3CO)ncn2)CC(C)O1. The second kappa shape index (κ2) is 7.42. The molecule has 0 aliphatic carbocycles. The van der Waals surface area contributed by atoms with E-state index in [4.69, 9.17) is 9.47 Å². The number of aromatic nitrogens is 2. The highest BCUT2D eigenvalue weighted by Crippen LogP contribution is 2.27. The second-order valence-electron chi connectivity index (χ2n) is 6.34. The smallest absolute Gasteiger partial charge is 0.134 e. The van der Waals surface area contributed by atoms with Crippen LogP contribution < -0.4 is 9.80 Å². The molecule has 0 radical (unpaired) electrons. The molecule has 0 bridgehead atoms. The van der Waals surface area contributed by atoms with Crippen LogP contribution in [-0.2, 0) is 9.47 Å². The van der Waals surface area contributed by atoms with Gasteiger partial charge < -0.3 is 24.4 Å². The van der Waals surface area contributed by atoms with E-state index in [1.54, 1.807) is 13.4 Å². The maximum absolute atomic E-state index is 9.52. The summed E-state index contributed by atoms with van der Waals surface area (Å²) in [4.78, 5) is 13.3. The van der Waals surface area contributed by atoms with Crippen LogP contribution in [0.4, 0.5) is 11.6 Å². The zero-order valence-electron chi connectivity index (χ0n) is 13.9. The number of anilines is 2. The molecular formula is C16H26N4O3. The number of aliphatic hydroxyl groups is 1. The molecular weight excluding hydrogens is 296 g/mol. The number of hydrogen-bond acceptors (Lipinski definition) is 7. The van der Waals surface area contributed by atoms with E-state index in [0.717, 1.165) is 44.1 Å². The fourth-order valence-corrected chi connectivity index (χ4v) is 3.50. The molecule has 2 aliphatic heterocycles. The van der Waals surface area contributed by atoms with Crippen LogP contribution in [0.15, 0.2) is 12.4 Å². The second-order valence-corrected chi connectivity index (χ2v) is 6.34. The molecule has 3 heterocycles. The van der Waals surface area contributed by atoms with E-state index < -0.39 is 0 Å². The van der Waals surface area contributed by atoms with Gasteiger partial charge in [0, 0.05) is 32.8 Å². The van der Waals surface area contributed by atoms with E-state index in [1.807, 2.05) is 6.07 Å². The number of ether oxygens (including phenoxy) is 2. The lowest BCUT2D eigenvalue weighted by molar-refractivity contribution is -0.0512. The summed E-state index contributed by atoms with van der Waals surface area (Å²) in [6.07, 6.45) is 3.91. The maximum atomic E-state index is 9.52. The summed E-state index contributed by atoms with van der Waals surface area (Å²) < 4.78 is 11.1. The average molecular weight is 322 g/mol. The van der Waals surface area contributed by atoms with Gasteiger partial charge in [-0.2, -0.15) is 0 Å². The van der Waals surface area contributed by atoms with Crippen molar-refractivity contribution < 1.29 is 14.6 Å². The zero-order valence-corrected chi connectivity index (χ0v) is 13.9. The van der Waals surface area contributed by atoms with Crippen LogP contribution in [-0.4, -0.2) is 73.3 Å². The van der Waals surface area contributed by atoms with E-state index in [9.17, 15) is 5.11 Å². The van der Waals surface area contributed by atoms with Gasteiger partial charge in [0.05, 0.1) is 31.5 Å². The van der Waals surface area contributed by atoms with Crippen molar-refractivity contribution in [3.8, 4) is 0 Å². The van der Waals surface area contributed by atoms with Gasteiger partial charge in [-0.05, 0) is 19.8 Å². The van der Waals surface area contributed by atoms with Crippen LogP contribution in [0.3, 0.4) is 0 Å². The maximum Gasteiger partial charge on any atom is 0.134 e. The van der Waals surface area contributed by atoms with Crippen molar-refractivity contribution in [2.45, 2.75) is 38.0 Å². The number of morpholine rings is 1. The van der Waals surface area contributed by atoms with Gasteiger partial charge in [-0.3, -0.25) is 0 Å². The topological polar surface area (TPSA) is 71.0 Å². The Labute approximate surface area is 137 Å². The minimum Gasteiger partial charge on any atom is -0.394 e. The van der Waals surface area contributed by atoms with Gasteiger partial charge >= 0.3 is 0 Å². The molecule has 1 aromatic rings. The third-order valence-electron chi connectivity index (χ3n) is 4.52. The van der Waals surface area contributed by atoms with Crippen LogP contribution in [0.2, 0.25) is 0 Å². The first-order chi connectivity index (χ1) is 11.2. The summed E-state index contributed by atoms with van der Waals surface area (Å²) in [5.74, 6) is 1.81. The number of aliphatic hydroxyl groups excluding tert-OH is 1. The molecule has 2 aliphatic rings. The van der Waals surface area contributed by atoms with Gasteiger partial charge in [0.2, 0.25) is 0 Å². The quantitative estimate of drug-likeness (QED) is 0.854. The molecule has 7 nitrogen and oxygen atoms in total. The summed E-state index contributed by atoms with van der Waals surface area (Å²) in [7, 11) is 1.69. The van der Waals surface area contributed by atoms with Crippen LogP contribution in [0, 0.1) is 0 Å². The van der Waals surface area contributed by atoms with Crippen molar-refractivity contribution in [2.24, 2.45) is 0 Å². The van der Waals surface area contributed by atoms with E-state index in [2.05, 4.69) is 26.7 Å². The zero-order chi connectivity index (χ0) is 16.2. The first-order valence-electron chi connectivity index (χ1n) is 8.30. The highest BCUT2D eigenvalue weighted by atomic mass is 16.5. The summed E-state index contributed by atoms with van der Waals surface area (Å²) in [6, 6.07) is 2.19. The lowest BCUT2D eigenvalue weighted by Crippen LogP contribution is -2.48. The number of hydrogen-bond donors (Lipinski definition) is 1. The Morgan fingerprint density at radius 1 is 1.35 bits per heavy atom. The molecule has 0 saturated carbocycles. The highest BCUT2D eigenvalue weighted by Gasteiger charge is 2.28. The largest absolute Gasteiger partial charge is 0.394 e. The Hall–Kier alpha value is -1.44. The Kier molecular flexibility index (Phi) is 5.30. The van der Waals surface area contributed by atoms with E-state index >= 15 is 0 Å². The van der Waals surface area contributed by atoms with Gasteiger partial charge in [-0.1, -0.05) is 0 Å². The van der Waals surface area contributed by atoms with Gasteiger partial charge in [0.25, 0.3) is 0 Å². The molecule has 3 rings (SSSR count). The van der Waals surface area contributed by atoms with E-state index in [0.29, 0.717) is 6.61 Å². The standard InChI is InChI=1S/C16H26N4O3/c1-12-7-19(8-14(23-12)10-22-2)15-6-16(18-11-17-15)20-5-3-4-13(20)9-21/h6,11-14,21H,3-5,7-10H2,1-2H3. The average Bonchev–Trinajstić information content (AvgIpc) is 3.03. The lowest BCUT2D eigenvalue weighted by atomic mass is 10.2. The third kappa shape index (κ3) is 3.73. The summed E-state index contributed by atoms with van der Waals surface area (Å²) in [6.45, 7) is 5.33. The van der Waals surface area contributed by atoms with Crippen LogP contribution in [0.5, 0.6) is 0 Å². The summed E-state index contributed by atoms with van der Waals surface area (Å²) in [5, 5.41) is 9.52. The molecule has 0 spiro atoms. The van der Waals surface area contributed by atoms with Crippen LogP contribution in [0.25, 0.3) is 0 Å². The Bertz CT molecular complexity index is 516. The molecule has 128 valence electrons. The highest BCUT2D eigenvalue weighted by molar-refractivity contribution is 5.51. The first-order valence-corrected chi connectivity index (χ1v) is 8.30. The Balaban J connectivity index is 1.76. The first kappa shape index (κ1) is 16.4. The van der Waals surface area contributed by atoms with Crippen LogP contribution in [0.1, 0.15) is 19.8 Å². The Morgan fingerprint density at radius 2 is 2.17 bits per heavy atom. The third-order valence-corrected chi connectivity index (χ3v) is 4.52. The number of nitrogens with zero attached hydrogens (tertiary/aromatic N) is 4. The number of methoxy groups -OCH3 is 1. The van der Waals surface area contributed by atoms with Gasteiger partial charge in [-0.25, -0.2) is 9.97 Å². The van der Waals surface area contributed by atoms with Crippen molar-refractivity contribution in [3.05, 3.63) is 12.4 Å². The van der Waals surface area contributed by atoms with Gasteiger partial charge in [0.15, 0.2) is 0 Å². The van der Waals surface area contributed by atoms with Crippen molar-refractivity contribution >= 4 is 11.6 Å². The minimum atomic E-state index is 0.0548. The fraction of sp³-hybridized carbons (Fsp3) is 0.750. The van der Waals surface area contributed by atoms with Crippen molar-refractivity contribution in [1.29, 1.82) is 0 Å². The van der Waals surface area contributed by atoms with Crippen LogP contribution >= 0.6 is 0 Å². The van der Waals surface area contributed by atoms with Gasteiger partial charge in [0.1, 0.15) is 18.0 Å². The van der Waals surface area contributed by atoms with Crippen molar-refractivity contribution in [2.75, 3.05) is 49.8 Å². The van der Waals surface area contributed by atoms with Gasteiger partial charge in [-0.15, -0.1) is 0 Å². The summed E-state index contributed by atoms with van der Waals surface area (Å²) in [5.41, 5.74) is 0. The molecule has 2 fully saturated rings. The Morgan fingerprint density at radius 3 is 2.96 bits per heavy atom. The molecule has 23 heavy (non-hydrogen) atoms. The lowest BCUT2D eigenvalue weighted by Gasteiger charge is -2.37. The molecule has 3 unspecified atom stereocenters. The molecule has 0 amide bonds. The van der Waals surface area contributed by atoms with Crippen molar-refractivity contribution in [1.82, 2.24) is 9.97 Å². The normalized spacial score (nSPS) is 28.4. The fourth-order valence-electron chi connectivity index (χ4n) is 3.50. The van der Waals surface area contributed by atoms with E-state index in [1.165, 1.54) is 0 Å². The number of rotatable bonds is 5. The summed E-state index contributed by atoms with van der Waals surface area (Å²) >= 11 is 0. The molecule has 1 N–H and O–H groups in total. The molecule has 0 aromatic carbocycles. The monoisotopic (exact) mass is 322 g/mol. The van der Waals surface area contributed by atoms with E-state index in [-0.39, 0.29) is 24.9 Å². The molecule has 1 aromatic heterocycles. The molecule has 3 atom stereocenters. The predicted octanol–water partition coefficient (Wildman–Crippen LogP) is 0.678. The van der Waals surface area contributed by atoms with Crippen molar-refractivity contribution in [3.63, 3.8) is 0 Å². The molecule has 7 heteroatoms. The minimum absolute atomic E-state index is 0.0548. The predicted molar refractivity (Wildman–Crippen MR) is 87.9 cm³/mol. The molecule has 2 saturated heterocycles.